The molecule has 0 aromatic carbocycles. The van der Waals surface area contributed by atoms with Crippen molar-refractivity contribution < 1.29 is 4.79 Å². The minimum Gasteiger partial charge on any atom is -0.354 e. The van der Waals surface area contributed by atoms with Gasteiger partial charge >= 0.3 is 0 Å². The van der Waals surface area contributed by atoms with Crippen molar-refractivity contribution in [3.8, 4) is 0 Å². The van der Waals surface area contributed by atoms with E-state index in [9.17, 15) is 4.79 Å². The third-order valence-corrected chi connectivity index (χ3v) is 4.35. The summed E-state index contributed by atoms with van der Waals surface area (Å²) >= 11 is 0. The number of rotatable bonds is 3. The maximum atomic E-state index is 11.9. The Hall–Kier alpha value is -1.65. The average Bonchev–Trinajstić information content (AvgIpc) is 3.31. The van der Waals surface area contributed by atoms with E-state index in [1.54, 1.807) is 0 Å². The topological polar surface area (TPSA) is 58.1 Å². The van der Waals surface area contributed by atoms with Gasteiger partial charge in [-0.1, -0.05) is 20.8 Å². The van der Waals surface area contributed by atoms with Crippen LogP contribution in [0.1, 0.15) is 52.3 Å². The first kappa shape index (κ1) is 15.3. The van der Waals surface area contributed by atoms with Gasteiger partial charge in [0.05, 0.1) is 0 Å². The minimum atomic E-state index is -0.0502. The summed E-state index contributed by atoms with van der Waals surface area (Å²) < 4.78 is 0. The second-order valence-electron chi connectivity index (χ2n) is 7.56. The number of nitrogens with one attached hydrogen (secondary N) is 1. The molecule has 2 heterocycles. The molecule has 1 unspecified atom stereocenters. The summed E-state index contributed by atoms with van der Waals surface area (Å²) in [6.45, 7) is 8.22. The lowest BCUT2D eigenvalue weighted by Gasteiger charge is -2.34. The van der Waals surface area contributed by atoms with Crippen LogP contribution >= 0.6 is 0 Å². The highest BCUT2D eigenvalue weighted by Crippen LogP contribution is 2.29. The van der Waals surface area contributed by atoms with Gasteiger partial charge in [0.25, 0.3) is 0 Å². The number of nitrogens with zero attached hydrogens (tertiary/aromatic N) is 3. The predicted molar refractivity (Wildman–Crippen MR) is 86.8 cm³/mol. The second-order valence-corrected chi connectivity index (χ2v) is 7.56. The molecule has 1 atom stereocenters. The number of amides is 1. The van der Waals surface area contributed by atoms with Crippen molar-refractivity contribution in [2.45, 2.75) is 57.9 Å². The van der Waals surface area contributed by atoms with Crippen LogP contribution in [0.25, 0.3) is 0 Å². The quantitative estimate of drug-likeness (QED) is 0.930. The summed E-state index contributed by atoms with van der Waals surface area (Å²) in [6.07, 6.45) is 6.11. The lowest BCUT2D eigenvalue weighted by Crippen LogP contribution is -2.48. The SMILES string of the molecule is CC(C)(C)c1nccc(N2CCCC(NC(=O)C3CC3)C2)n1. The Kier molecular flexibility index (Phi) is 4.06. The van der Waals surface area contributed by atoms with E-state index in [0.717, 1.165) is 50.4 Å². The van der Waals surface area contributed by atoms with Gasteiger partial charge in [-0.05, 0) is 31.7 Å². The molecule has 120 valence electrons. The molecule has 1 amide bonds. The van der Waals surface area contributed by atoms with Gasteiger partial charge in [0.1, 0.15) is 11.6 Å². The molecule has 0 radical (unpaired) electrons. The van der Waals surface area contributed by atoms with E-state index in [4.69, 9.17) is 4.98 Å². The first-order valence-corrected chi connectivity index (χ1v) is 8.32. The molecule has 0 spiro atoms. The maximum absolute atomic E-state index is 11.9. The molecule has 1 aliphatic carbocycles. The summed E-state index contributed by atoms with van der Waals surface area (Å²) in [5.41, 5.74) is -0.0502. The average molecular weight is 302 g/mol. The number of hydrogen-bond donors (Lipinski definition) is 1. The van der Waals surface area contributed by atoms with E-state index < -0.39 is 0 Å². The van der Waals surface area contributed by atoms with Gasteiger partial charge in [-0.15, -0.1) is 0 Å². The zero-order valence-corrected chi connectivity index (χ0v) is 13.8. The Bertz CT molecular complexity index is 548. The van der Waals surface area contributed by atoms with Gasteiger partial charge < -0.3 is 10.2 Å². The highest BCUT2D eigenvalue weighted by atomic mass is 16.2. The van der Waals surface area contributed by atoms with Gasteiger partial charge in [0, 0.05) is 36.7 Å². The molecule has 5 heteroatoms. The largest absolute Gasteiger partial charge is 0.354 e. The summed E-state index contributed by atoms with van der Waals surface area (Å²) in [5.74, 6) is 2.37. The molecule has 1 aromatic rings. The van der Waals surface area contributed by atoms with Crippen molar-refractivity contribution in [3.63, 3.8) is 0 Å². The first-order valence-electron chi connectivity index (χ1n) is 8.32. The third-order valence-electron chi connectivity index (χ3n) is 4.35. The van der Waals surface area contributed by atoms with Crippen molar-refractivity contribution in [3.05, 3.63) is 18.1 Å². The number of carbonyl (C=O) groups is 1. The molecule has 1 N–H and O–H groups in total. The van der Waals surface area contributed by atoms with Crippen molar-refractivity contribution in [1.29, 1.82) is 0 Å². The zero-order chi connectivity index (χ0) is 15.7. The molecule has 22 heavy (non-hydrogen) atoms. The van der Waals surface area contributed by atoms with Crippen LogP contribution in [0.4, 0.5) is 5.82 Å². The predicted octanol–water partition coefficient (Wildman–Crippen LogP) is 2.27. The van der Waals surface area contributed by atoms with Crippen LogP contribution in [-0.2, 0) is 10.2 Å². The van der Waals surface area contributed by atoms with E-state index in [1.807, 2.05) is 12.3 Å². The van der Waals surface area contributed by atoms with Gasteiger partial charge in [0.2, 0.25) is 5.91 Å². The second kappa shape index (κ2) is 5.86. The minimum absolute atomic E-state index is 0.0502. The van der Waals surface area contributed by atoms with E-state index in [2.05, 4.69) is 36.0 Å². The number of aromatic nitrogens is 2. The summed E-state index contributed by atoms with van der Waals surface area (Å²) in [6, 6.07) is 2.22. The molecule has 1 saturated carbocycles. The van der Waals surface area contributed by atoms with Crippen LogP contribution in [0.2, 0.25) is 0 Å². The van der Waals surface area contributed by atoms with Crippen LogP contribution in [0.3, 0.4) is 0 Å². The summed E-state index contributed by atoms with van der Waals surface area (Å²) in [5, 5.41) is 3.20. The van der Waals surface area contributed by atoms with Crippen LogP contribution in [-0.4, -0.2) is 35.0 Å². The van der Waals surface area contributed by atoms with E-state index in [0.29, 0.717) is 0 Å². The van der Waals surface area contributed by atoms with E-state index in [1.165, 1.54) is 0 Å². The Balaban J connectivity index is 1.67. The molecule has 0 bridgehead atoms. The highest BCUT2D eigenvalue weighted by molar-refractivity contribution is 5.81. The number of piperidine rings is 1. The van der Waals surface area contributed by atoms with Crippen LogP contribution in [0.15, 0.2) is 12.3 Å². The Morgan fingerprint density at radius 2 is 2.09 bits per heavy atom. The Morgan fingerprint density at radius 1 is 1.32 bits per heavy atom. The molecular formula is C17H26N4O. The monoisotopic (exact) mass is 302 g/mol. The highest BCUT2D eigenvalue weighted by Gasteiger charge is 2.32. The Morgan fingerprint density at radius 3 is 2.77 bits per heavy atom. The van der Waals surface area contributed by atoms with E-state index in [-0.39, 0.29) is 23.3 Å². The normalized spacial score (nSPS) is 22.5. The molecule has 1 aromatic heterocycles. The van der Waals surface area contributed by atoms with E-state index >= 15 is 0 Å². The van der Waals surface area contributed by atoms with Crippen molar-refractivity contribution in [1.82, 2.24) is 15.3 Å². The van der Waals surface area contributed by atoms with Gasteiger partial charge in [0.15, 0.2) is 0 Å². The number of carbonyl (C=O) groups excluding carboxylic acids is 1. The van der Waals surface area contributed by atoms with Crippen molar-refractivity contribution >= 4 is 11.7 Å². The summed E-state index contributed by atoms with van der Waals surface area (Å²) in [7, 11) is 0. The fourth-order valence-electron chi connectivity index (χ4n) is 2.85. The van der Waals surface area contributed by atoms with Crippen LogP contribution in [0.5, 0.6) is 0 Å². The first-order chi connectivity index (χ1) is 10.4. The molecule has 2 aliphatic rings. The third kappa shape index (κ3) is 3.57. The maximum Gasteiger partial charge on any atom is 0.223 e. The van der Waals surface area contributed by atoms with Gasteiger partial charge in [-0.25, -0.2) is 9.97 Å². The van der Waals surface area contributed by atoms with Gasteiger partial charge in [-0.2, -0.15) is 0 Å². The van der Waals surface area contributed by atoms with Crippen molar-refractivity contribution in [2.24, 2.45) is 5.92 Å². The fraction of sp³-hybridized carbons (Fsp3) is 0.706. The fourth-order valence-corrected chi connectivity index (χ4v) is 2.85. The molecule has 1 aliphatic heterocycles. The molecule has 2 fully saturated rings. The standard InChI is InChI=1S/C17H26N4O/c1-17(2,3)16-18-9-8-14(20-16)21-10-4-5-13(11-21)19-15(22)12-6-7-12/h8-9,12-13H,4-7,10-11H2,1-3H3,(H,19,22). The zero-order valence-electron chi connectivity index (χ0n) is 13.8. The smallest absolute Gasteiger partial charge is 0.223 e. The van der Waals surface area contributed by atoms with Gasteiger partial charge in [-0.3, -0.25) is 4.79 Å². The Labute approximate surface area is 132 Å². The number of anilines is 1. The lowest BCUT2D eigenvalue weighted by molar-refractivity contribution is -0.123. The lowest BCUT2D eigenvalue weighted by atomic mass is 9.96. The molecule has 1 saturated heterocycles. The van der Waals surface area contributed by atoms with Crippen molar-refractivity contribution in [2.75, 3.05) is 18.0 Å². The summed E-state index contributed by atoms with van der Waals surface area (Å²) in [4.78, 5) is 23.4. The molecule has 5 nitrogen and oxygen atoms in total. The van der Waals surface area contributed by atoms with Crippen LogP contribution < -0.4 is 10.2 Å². The molecule has 3 rings (SSSR count). The number of hydrogen-bond acceptors (Lipinski definition) is 4. The van der Waals surface area contributed by atoms with Crippen LogP contribution in [0, 0.1) is 5.92 Å². The molecular weight excluding hydrogens is 276 g/mol.